The Morgan fingerprint density at radius 3 is 2.91 bits per heavy atom. The van der Waals surface area contributed by atoms with Gasteiger partial charge in [-0.05, 0) is 36.6 Å². The second-order valence-electron chi connectivity index (χ2n) is 6.04. The number of non-ortho nitro benzene ring substituents is 1. The van der Waals surface area contributed by atoms with E-state index in [0.717, 1.165) is 38.0 Å². The fourth-order valence-corrected chi connectivity index (χ4v) is 3.06. The zero-order valence-electron chi connectivity index (χ0n) is 13.3. The summed E-state index contributed by atoms with van der Waals surface area (Å²) in [7, 11) is 2.09. The number of nitrogens with zero attached hydrogens (tertiary/aromatic N) is 2. The first kappa shape index (κ1) is 15.5. The minimum atomic E-state index is -0.341. The summed E-state index contributed by atoms with van der Waals surface area (Å²) in [5.74, 6) is 0. The van der Waals surface area contributed by atoms with Crippen molar-refractivity contribution < 1.29 is 4.92 Å². The molecule has 2 aromatic rings. The third-order valence-electron chi connectivity index (χ3n) is 4.28. The highest BCUT2D eigenvalue weighted by Crippen LogP contribution is 2.27. The molecular weight excluding hydrogens is 290 g/mol. The van der Waals surface area contributed by atoms with E-state index in [1.165, 1.54) is 22.9 Å². The van der Waals surface area contributed by atoms with E-state index in [4.69, 9.17) is 0 Å². The fraction of sp³-hybridized carbons (Fsp3) is 0.333. The largest absolute Gasteiger partial charge is 0.384 e. The van der Waals surface area contributed by atoms with Crippen molar-refractivity contribution in [1.82, 2.24) is 4.90 Å². The van der Waals surface area contributed by atoms with Gasteiger partial charge in [0.2, 0.25) is 0 Å². The first-order valence-electron chi connectivity index (χ1n) is 7.90. The Bertz CT molecular complexity index is 715. The van der Waals surface area contributed by atoms with Gasteiger partial charge in [0.25, 0.3) is 5.69 Å². The van der Waals surface area contributed by atoms with Gasteiger partial charge in [-0.15, -0.1) is 0 Å². The fourth-order valence-electron chi connectivity index (χ4n) is 3.06. The van der Waals surface area contributed by atoms with Crippen LogP contribution in [-0.4, -0.2) is 30.0 Å². The van der Waals surface area contributed by atoms with E-state index in [1.807, 2.05) is 6.07 Å². The highest BCUT2D eigenvalue weighted by atomic mass is 16.6. The predicted molar refractivity (Wildman–Crippen MR) is 91.8 cm³/mol. The second kappa shape index (κ2) is 6.79. The average molecular weight is 311 g/mol. The summed E-state index contributed by atoms with van der Waals surface area (Å²) in [6, 6.07) is 13.4. The summed E-state index contributed by atoms with van der Waals surface area (Å²) in [4.78, 5) is 12.7. The maximum Gasteiger partial charge on any atom is 0.269 e. The molecule has 1 heterocycles. The molecule has 23 heavy (non-hydrogen) atoms. The lowest BCUT2D eigenvalue weighted by Gasteiger charge is -2.18. The van der Waals surface area contributed by atoms with Crippen molar-refractivity contribution in [2.45, 2.75) is 19.4 Å². The number of para-hydroxylation sites is 1. The lowest BCUT2D eigenvalue weighted by Crippen LogP contribution is -2.21. The van der Waals surface area contributed by atoms with Gasteiger partial charge in [-0.1, -0.05) is 30.3 Å². The van der Waals surface area contributed by atoms with Crippen LogP contribution in [0.25, 0.3) is 0 Å². The zero-order valence-corrected chi connectivity index (χ0v) is 13.3. The smallest absolute Gasteiger partial charge is 0.269 e. The third kappa shape index (κ3) is 3.68. The number of rotatable bonds is 6. The molecule has 0 radical (unpaired) electrons. The van der Waals surface area contributed by atoms with Crippen LogP contribution in [0, 0.1) is 10.1 Å². The summed E-state index contributed by atoms with van der Waals surface area (Å²) in [5.41, 5.74) is 5.17. The maximum atomic E-state index is 10.8. The number of nitrogens with one attached hydrogen (secondary N) is 1. The van der Waals surface area contributed by atoms with Crippen molar-refractivity contribution >= 4 is 11.4 Å². The number of hydrogen-bond donors (Lipinski definition) is 1. The molecule has 0 unspecified atom stereocenters. The molecule has 1 N–H and O–H groups in total. The quantitative estimate of drug-likeness (QED) is 0.657. The highest BCUT2D eigenvalue weighted by molar-refractivity contribution is 5.61. The summed E-state index contributed by atoms with van der Waals surface area (Å²) >= 11 is 0. The molecule has 1 aliphatic heterocycles. The number of fused-ring (bicyclic) bond motifs is 1. The Kier molecular flexibility index (Phi) is 4.57. The summed E-state index contributed by atoms with van der Waals surface area (Å²) in [5, 5.41) is 14.3. The molecule has 5 nitrogen and oxygen atoms in total. The normalized spacial score (nSPS) is 13.0. The molecule has 0 aromatic heterocycles. The van der Waals surface area contributed by atoms with Gasteiger partial charge in [-0.2, -0.15) is 0 Å². The first-order valence-corrected chi connectivity index (χ1v) is 7.90. The van der Waals surface area contributed by atoms with Gasteiger partial charge < -0.3 is 10.2 Å². The van der Waals surface area contributed by atoms with Crippen molar-refractivity contribution in [1.29, 1.82) is 0 Å². The second-order valence-corrected chi connectivity index (χ2v) is 6.04. The Morgan fingerprint density at radius 1 is 1.26 bits per heavy atom. The van der Waals surface area contributed by atoms with Gasteiger partial charge in [0, 0.05) is 37.5 Å². The minimum absolute atomic E-state index is 0.162. The Labute approximate surface area is 136 Å². The number of nitro groups is 1. The van der Waals surface area contributed by atoms with Crippen molar-refractivity contribution in [2.75, 3.05) is 25.5 Å². The third-order valence-corrected chi connectivity index (χ3v) is 4.28. The zero-order chi connectivity index (χ0) is 16.2. The molecule has 2 aromatic carbocycles. The summed E-state index contributed by atoms with van der Waals surface area (Å²) in [6.45, 7) is 2.76. The molecule has 5 heteroatoms. The van der Waals surface area contributed by atoms with E-state index in [-0.39, 0.29) is 10.6 Å². The SMILES string of the molecule is CN(CCc1cccc([N+](=O)[O-])c1)Cc1cccc2c1NCC2. The van der Waals surface area contributed by atoms with E-state index < -0.39 is 0 Å². The van der Waals surface area contributed by atoms with Crippen LogP contribution in [0.1, 0.15) is 16.7 Å². The van der Waals surface area contributed by atoms with E-state index in [0.29, 0.717) is 0 Å². The van der Waals surface area contributed by atoms with E-state index in [2.05, 4.69) is 35.5 Å². The van der Waals surface area contributed by atoms with Crippen LogP contribution in [0.2, 0.25) is 0 Å². The van der Waals surface area contributed by atoms with Gasteiger partial charge in [-0.25, -0.2) is 0 Å². The van der Waals surface area contributed by atoms with E-state index in [9.17, 15) is 10.1 Å². The Hall–Kier alpha value is -2.40. The maximum absolute atomic E-state index is 10.8. The molecular formula is C18H21N3O2. The molecule has 3 rings (SSSR count). The lowest BCUT2D eigenvalue weighted by atomic mass is 10.1. The number of benzene rings is 2. The van der Waals surface area contributed by atoms with Crippen molar-refractivity contribution in [3.8, 4) is 0 Å². The van der Waals surface area contributed by atoms with Gasteiger partial charge in [0.15, 0.2) is 0 Å². The van der Waals surface area contributed by atoms with Gasteiger partial charge >= 0.3 is 0 Å². The van der Waals surface area contributed by atoms with Gasteiger partial charge in [0.1, 0.15) is 0 Å². The van der Waals surface area contributed by atoms with Crippen LogP contribution in [0.4, 0.5) is 11.4 Å². The molecule has 0 saturated carbocycles. The summed E-state index contributed by atoms with van der Waals surface area (Å²) < 4.78 is 0. The molecule has 0 amide bonds. The summed E-state index contributed by atoms with van der Waals surface area (Å²) in [6.07, 6.45) is 1.90. The number of nitro benzene ring substituents is 1. The highest BCUT2D eigenvalue weighted by Gasteiger charge is 2.14. The first-order chi connectivity index (χ1) is 11.1. The molecule has 0 spiro atoms. The lowest BCUT2D eigenvalue weighted by molar-refractivity contribution is -0.384. The molecule has 0 bridgehead atoms. The average Bonchev–Trinajstić information content (AvgIpc) is 3.03. The molecule has 0 atom stereocenters. The van der Waals surface area contributed by atoms with Crippen molar-refractivity contribution in [3.63, 3.8) is 0 Å². The predicted octanol–water partition coefficient (Wildman–Crippen LogP) is 3.24. The number of hydrogen-bond acceptors (Lipinski definition) is 4. The Morgan fingerprint density at radius 2 is 2.09 bits per heavy atom. The van der Waals surface area contributed by atoms with Crippen molar-refractivity contribution in [3.05, 3.63) is 69.3 Å². The van der Waals surface area contributed by atoms with Gasteiger partial charge in [-0.3, -0.25) is 10.1 Å². The number of likely N-dealkylation sites (N-methyl/N-ethyl adjacent to an activating group) is 1. The molecule has 0 fully saturated rings. The van der Waals surface area contributed by atoms with E-state index in [1.54, 1.807) is 12.1 Å². The van der Waals surface area contributed by atoms with Crippen LogP contribution in [0.5, 0.6) is 0 Å². The Balaban J connectivity index is 1.60. The van der Waals surface area contributed by atoms with Crippen LogP contribution in [0.15, 0.2) is 42.5 Å². The molecule has 0 aliphatic carbocycles. The topological polar surface area (TPSA) is 58.4 Å². The van der Waals surface area contributed by atoms with Crippen LogP contribution >= 0.6 is 0 Å². The van der Waals surface area contributed by atoms with Crippen molar-refractivity contribution in [2.24, 2.45) is 0 Å². The number of anilines is 1. The van der Waals surface area contributed by atoms with Crippen LogP contribution < -0.4 is 5.32 Å². The van der Waals surface area contributed by atoms with Crippen LogP contribution in [-0.2, 0) is 19.4 Å². The minimum Gasteiger partial charge on any atom is -0.384 e. The standard InChI is InChI=1S/C18H21N3O2/c1-20(11-9-14-4-2-7-17(12-14)21(22)23)13-16-6-3-5-15-8-10-19-18(15)16/h2-7,12,19H,8-11,13H2,1H3. The van der Waals surface area contributed by atoms with Gasteiger partial charge in [0.05, 0.1) is 4.92 Å². The molecule has 120 valence electrons. The molecule has 0 saturated heterocycles. The molecule has 1 aliphatic rings. The monoisotopic (exact) mass is 311 g/mol. The van der Waals surface area contributed by atoms with E-state index >= 15 is 0 Å². The van der Waals surface area contributed by atoms with Crippen LogP contribution in [0.3, 0.4) is 0 Å².